The van der Waals surface area contributed by atoms with E-state index in [-0.39, 0.29) is 0 Å². The second kappa shape index (κ2) is 12.0. The first-order chi connectivity index (χ1) is 10.9. The number of hydrogen-bond acceptors (Lipinski definition) is 1. The molecule has 0 aliphatic carbocycles. The number of nitrogens with zero attached hydrogens (tertiary/aromatic N) is 1. The van der Waals surface area contributed by atoms with Gasteiger partial charge in [0.2, 0.25) is 0 Å². The smallest absolute Gasteiger partial charge is 0.0293 e. The first kappa shape index (κ1) is 21.5. The maximum absolute atomic E-state index is 4.22. The van der Waals surface area contributed by atoms with Crippen LogP contribution < -0.4 is 0 Å². The van der Waals surface area contributed by atoms with Gasteiger partial charge in [0.15, 0.2) is 0 Å². The largest absolute Gasteiger partial charge is 0.372 e. The minimum Gasteiger partial charge on any atom is -0.372 e. The average Bonchev–Trinajstić information content (AvgIpc) is 2.56. The predicted octanol–water partition coefficient (Wildman–Crippen LogP) is 6.82. The van der Waals surface area contributed by atoms with Crippen LogP contribution in [0.3, 0.4) is 0 Å². The second-order valence-electron chi connectivity index (χ2n) is 6.28. The molecule has 1 nitrogen and oxygen atoms in total. The van der Waals surface area contributed by atoms with Crippen molar-refractivity contribution in [3.05, 3.63) is 58.9 Å². The zero-order valence-electron chi connectivity index (χ0n) is 16.5. The predicted molar refractivity (Wildman–Crippen MR) is 107 cm³/mol. The number of allylic oxidation sites excluding steroid dienone is 8. The highest BCUT2D eigenvalue weighted by atomic mass is 15.1. The van der Waals surface area contributed by atoms with Gasteiger partial charge in [-0.3, -0.25) is 0 Å². The Kier molecular flexibility index (Phi) is 11.2. The zero-order chi connectivity index (χ0) is 17.8. The molecule has 0 amide bonds. The SMILES string of the molecule is C=C(\C=C/C(C)=C(C)\C(C)=C\C=C(\C)CC)N(CC)CCCC. The van der Waals surface area contributed by atoms with E-state index in [1.807, 2.05) is 0 Å². The summed E-state index contributed by atoms with van der Waals surface area (Å²) in [6.45, 7) is 21.7. The lowest BCUT2D eigenvalue weighted by Gasteiger charge is -2.23. The van der Waals surface area contributed by atoms with Crippen molar-refractivity contribution < 1.29 is 0 Å². The molecule has 130 valence electrons. The molecule has 0 unspecified atom stereocenters. The lowest BCUT2D eigenvalue weighted by molar-refractivity contribution is 0.366. The number of likely N-dealkylation sites (N-methyl/N-ethyl adjacent to an activating group) is 1. The van der Waals surface area contributed by atoms with Crippen molar-refractivity contribution in [1.82, 2.24) is 4.90 Å². The van der Waals surface area contributed by atoms with Crippen LogP contribution in [0, 0.1) is 0 Å². The monoisotopic (exact) mass is 315 g/mol. The van der Waals surface area contributed by atoms with Crippen molar-refractivity contribution in [2.45, 2.75) is 67.7 Å². The summed E-state index contributed by atoms with van der Waals surface area (Å²) in [5.74, 6) is 0. The molecule has 0 N–H and O–H groups in total. The van der Waals surface area contributed by atoms with E-state index in [0.717, 1.165) is 25.2 Å². The Morgan fingerprint density at radius 2 is 1.61 bits per heavy atom. The fourth-order valence-electron chi connectivity index (χ4n) is 2.13. The fourth-order valence-corrected chi connectivity index (χ4v) is 2.13. The van der Waals surface area contributed by atoms with Crippen molar-refractivity contribution in [2.75, 3.05) is 13.1 Å². The fraction of sp³-hybridized carbons (Fsp3) is 0.545. The quantitative estimate of drug-likeness (QED) is 0.400. The number of unbranched alkanes of at least 4 members (excludes halogenated alkanes) is 1. The third-order valence-electron chi connectivity index (χ3n) is 4.45. The summed E-state index contributed by atoms with van der Waals surface area (Å²) in [5.41, 5.74) is 6.48. The molecule has 0 radical (unpaired) electrons. The molecular weight excluding hydrogens is 278 g/mol. The molecule has 0 saturated carbocycles. The number of rotatable bonds is 10. The summed E-state index contributed by atoms with van der Waals surface area (Å²) in [6, 6.07) is 0. The van der Waals surface area contributed by atoms with E-state index in [4.69, 9.17) is 0 Å². The van der Waals surface area contributed by atoms with Gasteiger partial charge in [-0.25, -0.2) is 0 Å². The van der Waals surface area contributed by atoms with Crippen LogP contribution in [-0.2, 0) is 0 Å². The van der Waals surface area contributed by atoms with Gasteiger partial charge in [0.05, 0.1) is 0 Å². The Labute approximate surface area is 145 Å². The van der Waals surface area contributed by atoms with Crippen molar-refractivity contribution >= 4 is 0 Å². The summed E-state index contributed by atoms with van der Waals surface area (Å²) in [5, 5.41) is 0. The van der Waals surface area contributed by atoms with Crippen LogP contribution in [0.5, 0.6) is 0 Å². The van der Waals surface area contributed by atoms with E-state index in [0.29, 0.717) is 0 Å². The summed E-state index contributed by atoms with van der Waals surface area (Å²) in [7, 11) is 0. The van der Waals surface area contributed by atoms with Crippen LogP contribution in [0.15, 0.2) is 58.9 Å². The van der Waals surface area contributed by atoms with Gasteiger partial charge >= 0.3 is 0 Å². The average molecular weight is 316 g/mol. The Bertz CT molecular complexity index is 486. The Morgan fingerprint density at radius 1 is 0.957 bits per heavy atom. The lowest BCUT2D eigenvalue weighted by Crippen LogP contribution is -2.22. The summed E-state index contributed by atoms with van der Waals surface area (Å²) < 4.78 is 0. The summed E-state index contributed by atoms with van der Waals surface area (Å²) >= 11 is 0. The third-order valence-corrected chi connectivity index (χ3v) is 4.45. The van der Waals surface area contributed by atoms with Crippen LogP contribution in [-0.4, -0.2) is 18.0 Å². The van der Waals surface area contributed by atoms with Crippen LogP contribution in [0.4, 0.5) is 0 Å². The molecule has 23 heavy (non-hydrogen) atoms. The lowest BCUT2D eigenvalue weighted by atomic mass is 10.0. The minimum atomic E-state index is 1.02. The van der Waals surface area contributed by atoms with E-state index < -0.39 is 0 Å². The van der Waals surface area contributed by atoms with Gasteiger partial charge in [-0.05, 0) is 70.3 Å². The molecule has 0 aliphatic heterocycles. The molecule has 0 aromatic rings. The van der Waals surface area contributed by atoms with Gasteiger partial charge in [0, 0.05) is 18.8 Å². The molecule has 0 fully saturated rings. The van der Waals surface area contributed by atoms with E-state index in [2.05, 4.69) is 84.2 Å². The highest BCUT2D eigenvalue weighted by Crippen LogP contribution is 2.17. The molecule has 0 saturated heterocycles. The Hall–Kier alpha value is -1.50. The van der Waals surface area contributed by atoms with E-state index >= 15 is 0 Å². The van der Waals surface area contributed by atoms with Gasteiger partial charge in [-0.15, -0.1) is 0 Å². The molecule has 0 aliphatic rings. The number of hydrogen-bond donors (Lipinski definition) is 0. The molecule has 0 aromatic carbocycles. The molecule has 0 bridgehead atoms. The second-order valence-corrected chi connectivity index (χ2v) is 6.28. The standard InChI is InChI=1S/C22H37N/c1-9-12-17-23(11-3)21(7)16-15-20(6)22(8)19(5)14-13-18(4)10-2/h13-16H,7,9-12,17H2,1-6,8H3/b16-15-,18-13-,19-14+,22-20-. The maximum atomic E-state index is 4.22. The van der Waals surface area contributed by atoms with Crippen molar-refractivity contribution in [2.24, 2.45) is 0 Å². The highest BCUT2D eigenvalue weighted by Gasteiger charge is 2.02. The van der Waals surface area contributed by atoms with Crippen LogP contribution in [0.2, 0.25) is 0 Å². The minimum absolute atomic E-state index is 1.02. The molecule has 1 heteroatoms. The highest BCUT2D eigenvalue weighted by molar-refractivity contribution is 5.39. The molecular formula is C22H37N. The normalized spacial score (nSPS) is 14.2. The van der Waals surface area contributed by atoms with Gasteiger partial charge in [-0.2, -0.15) is 0 Å². The Balaban J connectivity index is 4.99. The molecule has 0 atom stereocenters. The van der Waals surface area contributed by atoms with E-state index in [1.54, 1.807) is 0 Å². The first-order valence-electron chi connectivity index (χ1n) is 9.01. The third kappa shape index (κ3) is 8.64. The van der Waals surface area contributed by atoms with Crippen molar-refractivity contribution in [3.8, 4) is 0 Å². The molecule has 0 aromatic heterocycles. The van der Waals surface area contributed by atoms with Gasteiger partial charge in [-0.1, -0.05) is 50.6 Å². The van der Waals surface area contributed by atoms with Crippen molar-refractivity contribution in [3.63, 3.8) is 0 Å². The van der Waals surface area contributed by atoms with E-state index in [1.165, 1.54) is 35.1 Å². The van der Waals surface area contributed by atoms with Gasteiger partial charge in [0.1, 0.15) is 0 Å². The van der Waals surface area contributed by atoms with Crippen molar-refractivity contribution in [1.29, 1.82) is 0 Å². The van der Waals surface area contributed by atoms with Crippen LogP contribution in [0.25, 0.3) is 0 Å². The summed E-state index contributed by atoms with van der Waals surface area (Å²) in [6.07, 6.45) is 12.3. The van der Waals surface area contributed by atoms with Gasteiger partial charge in [0.25, 0.3) is 0 Å². The topological polar surface area (TPSA) is 3.24 Å². The molecule has 0 spiro atoms. The van der Waals surface area contributed by atoms with Crippen LogP contribution >= 0.6 is 0 Å². The van der Waals surface area contributed by atoms with E-state index in [9.17, 15) is 0 Å². The maximum Gasteiger partial charge on any atom is 0.0293 e. The molecule has 0 rings (SSSR count). The first-order valence-corrected chi connectivity index (χ1v) is 9.01. The zero-order valence-corrected chi connectivity index (χ0v) is 16.5. The molecule has 0 heterocycles. The Morgan fingerprint density at radius 3 is 2.13 bits per heavy atom. The van der Waals surface area contributed by atoms with Gasteiger partial charge < -0.3 is 4.90 Å². The van der Waals surface area contributed by atoms with Crippen LogP contribution in [0.1, 0.15) is 67.7 Å². The summed E-state index contributed by atoms with van der Waals surface area (Å²) in [4.78, 5) is 2.35.